The Morgan fingerprint density at radius 1 is 1.03 bits per heavy atom. The number of carbonyl (C=O) groups excluding carboxylic acids is 1. The first-order chi connectivity index (χ1) is 14.4. The van der Waals surface area contributed by atoms with Crippen LogP contribution >= 0.6 is 11.6 Å². The van der Waals surface area contributed by atoms with Gasteiger partial charge >= 0.3 is 5.69 Å². The normalized spacial score (nSPS) is 14.2. The molecule has 0 unspecified atom stereocenters. The van der Waals surface area contributed by atoms with E-state index in [1.54, 1.807) is 47.5 Å². The van der Waals surface area contributed by atoms with Crippen LogP contribution < -0.4 is 20.6 Å². The molecular formula is C22H25ClN4O3. The molecule has 30 heavy (non-hydrogen) atoms. The molecule has 1 aliphatic rings. The first-order valence-corrected chi connectivity index (χ1v) is 10.4. The van der Waals surface area contributed by atoms with Crippen molar-refractivity contribution in [1.29, 1.82) is 0 Å². The monoisotopic (exact) mass is 428 g/mol. The summed E-state index contributed by atoms with van der Waals surface area (Å²) >= 11 is 5.88. The molecule has 1 N–H and O–H groups in total. The summed E-state index contributed by atoms with van der Waals surface area (Å²) < 4.78 is 8.80. The molecule has 1 aromatic heterocycles. The lowest BCUT2D eigenvalue weighted by Gasteiger charge is -2.30. The number of hydrogen-bond acceptors (Lipinski definition) is 4. The van der Waals surface area contributed by atoms with E-state index in [9.17, 15) is 9.59 Å². The maximum absolute atomic E-state index is 12.6. The fourth-order valence-corrected chi connectivity index (χ4v) is 4.02. The third kappa shape index (κ3) is 4.03. The van der Waals surface area contributed by atoms with E-state index < -0.39 is 0 Å². The Morgan fingerprint density at radius 3 is 2.33 bits per heavy atom. The Bertz CT molecular complexity index is 1130. The highest BCUT2D eigenvalue weighted by Crippen LogP contribution is 2.33. The van der Waals surface area contributed by atoms with Crippen molar-refractivity contribution in [3.05, 3.63) is 51.9 Å². The van der Waals surface area contributed by atoms with E-state index in [1.165, 1.54) is 6.42 Å². The second kappa shape index (κ2) is 8.44. The molecule has 1 saturated heterocycles. The summed E-state index contributed by atoms with van der Waals surface area (Å²) in [6, 6.07) is 10.7. The van der Waals surface area contributed by atoms with Crippen LogP contribution in [-0.4, -0.2) is 34.7 Å². The highest BCUT2D eigenvalue weighted by atomic mass is 35.5. The molecule has 1 fully saturated rings. The first kappa shape index (κ1) is 20.3. The van der Waals surface area contributed by atoms with E-state index in [0.29, 0.717) is 16.5 Å². The fourth-order valence-electron chi connectivity index (χ4n) is 3.90. The van der Waals surface area contributed by atoms with Gasteiger partial charge in [-0.05, 0) is 55.7 Å². The van der Waals surface area contributed by atoms with Gasteiger partial charge < -0.3 is 15.0 Å². The maximum Gasteiger partial charge on any atom is 0.328 e. The van der Waals surface area contributed by atoms with Crippen molar-refractivity contribution in [2.45, 2.75) is 19.3 Å². The van der Waals surface area contributed by atoms with Gasteiger partial charge in [0.2, 0.25) is 0 Å². The zero-order valence-electron chi connectivity index (χ0n) is 17.2. The largest absolute Gasteiger partial charge is 0.484 e. The number of halogens is 1. The molecule has 158 valence electrons. The summed E-state index contributed by atoms with van der Waals surface area (Å²) in [7, 11) is 3.50. The average Bonchev–Trinajstić information content (AvgIpc) is 2.97. The van der Waals surface area contributed by atoms with Gasteiger partial charge in [0.25, 0.3) is 5.91 Å². The van der Waals surface area contributed by atoms with Gasteiger partial charge in [-0.15, -0.1) is 0 Å². The molecule has 2 aromatic carbocycles. The van der Waals surface area contributed by atoms with E-state index in [1.807, 2.05) is 12.1 Å². The highest BCUT2D eigenvalue weighted by molar-refractivity contribution is 6.30. The minimum atomic E-state index is -0.261. The summed E-state index contributed by atoms with van der Waals surface area (Å²) in [5.74, 6) is 0.315. The van der Waals surface area contributed by atoms with Gasteiger partial charge in [0.15, 0.2) is 6.61 Å². The van der Waals surface area contributed by atoms with Crippen LogP contribution in [0.3, 0.4) is 0 Å². The Morgan fingerprint density at radius 2 is 1.67 bits per heavy atom. The molecule has 0 atom stereocenters. The van der Waals surface area contributed by atoms with Crippen molar-refractivity contribution in [3.8, 4) is 5.75 Å². The number of aryl methyl sites for hydroxylation is 2. The SMILES string of the molecule is Cn1c(=O)n(C)c2cc(N3CCCCC3)c(NC(=O)COc3ccc(Cl)cc3)cc21. The van der Waals surface area contributed by atoms with Gasteiger partial charge in [-0.3, -0.25) is 13.9 Å². The van der Waals surface area contributed by atoms with Crippen LogP contribution in [0.25, 0.3) is 11.0 Å². The Kier molecular flexibility index (Phi) is 5.72. The summed E-state index contributed by atoms with van der Waals surface area (Å²) in [4.78, 5) is 27.3. The lowest BCUT2D eigenvalue weighted by atomic mass is 10.1. The summed E-state index contributed by atoms with van der Waals surface area (Å²) in [5, 5.41) is 3.59. The van der Waals surface area contributed by atoms with Crippen molar-refractivity contribution in [2.75, 3.05) is 29.9 Å². The second-order valence-corrected chi connectivity index (χ2v) is 8.03. The smallest absolute Gasteiger partial charge is 0.328 e. The van der Waals surface area contributed by atoms with E-state index >= 15 is 0 Å². The number of ether oxygens (including phenoxy) is 1. The number of fused-ring (bicyclic) bond motifs is 1. The lowest BCUT2D eigenvalue weighted by Crippen LogP contribution is -2.31. The van der Waals surface area contributed by atoms with E-state index in [-0.39, 0.29) is 18.2 Å². The standard InChI is InChI=1S/C22H25ClN4O3/c1-25-19-12-17(24-21(28)14-30-16-8-6-15(23)7-9-16)18(27-10-4-3-5-11-27)13-20(19)26(2)22(25)29/h6-9,12-13H,3-5,10-11,14H2,1-2H3,(H,24,28). The Balaban J connectivity index is 1.62. The second-order valence-electron chi connectivity index (χ2n) is 7.60. The summed E-state index contributed by atoms with van der Waals surface area (Å²) in [6.45, 7) is 1.74. The molecule has 1 aliphatic heterocycles. The number of piperidine rings is 1. The van der Waals surface area contributed by atoms with Crippen LogP contribution in [0.15, 0.2) is 41.2 Å². The molecule has 2 heterocycles. The molecule has 0 spiro atoms. The molecule has 3 aromatic rings. The third-order valence-corrected chi connectivity index (χ3v) is 5.80. The number of aromatic nitrogens is 2. The quantitative estimate of drug-likeness (QED) is 0.675. The van der Waals surface area contributed by atoms with Gasteiger partial charge in [-0.25, -0.2) is 4.79 Å². The van der Waals surface area contributed by atoms with Crippen LogP contribution in [0, 0.1) is 0 Å². The molecule has 0 aliphatic carbocycles. The molecule has 4 rings (SSSR count). The van der Waals surface area contributed by atoms with Gasteiger partial charge in [0.1, 0.15) is 5.75 Å². The molecule has 1 amide bonds. The van der Waals surface area contributed by atoms with Crippen molar-refractivity contribution in [3.63, 3.8) is 0 Å². The number of amides is 1. The van der Waals surface area contributed by atoms with Gasteiger partial charge in [0.05, 0.1) is 22.4 Å². The fraction of sp³-hybridized carbons (Fsp3) is 0.364. The van der Waals surface area contributed by atoms with Crippen LogP contribution in [0.1, 0.15) is 19.3 Å². The number of nitrogens with zero attached hydrogens (tertiary/aromatic N) is 3. The third-order valence-electron chi connectivity index (χ3n) is 5.54. The first-order valence-electron chi connectivity index (χ1n) is 10.1. The van der Waals surface area contributed by atoms with Crippen molar-refractivity contribution < 1.29 is 9.53 Å². The zero-order valence-corrected chi connectivity index (χ0v) is 17.9. The number of nitrogens with one attached hydrogen (secondary N) is 1. The van der Waals surface area contributed by atoms with Crippen molar-refractivity contribution in [1.82, 2.24) is 9.13 Å². The minimum Gasteiger partial charge on any atom is -0.484 e. The topological polar surface area (TPSA) is 68.5 Å². The number of imidazole rings is 1. The predicted molar refractivity (Wildman–Crippen MR) is 120 cm³/mol. The predicted octanol–water partition coefficient (Wildman–Crippen LogP) is 3.54. The number of anilines is 2. The van der Waals surface area contributed by atoms with Crippen LogP contribution in [-0.2, 0) is 18.9 Å². The van der Waals surface area contributed by atoms with Crippen LogP contribution in [0.4, 0.5) is 11.4 Å². The molecule has 0 radical (unpaired) electrons. The van der Waals surface area contributed by atoms with Crippen LogP contribution in [0.2, 0.25) is 5.02 Å². The van der Waals surface area contributed by atoms with Gasteiger partial charge in [-0.1, -0.05) is 11.6 Å². The van der Waals surface area contributed by atoms with E-state index in [0.717, 1.165) is 42.7 Å². The number of carbonyl (C=O) groups is 1. The van der Waals surface area contributed by atoms with Gasteiger partial charge in [-0.2, -0.15) is 0 Å². The van der Waals surface area contributed by atoms with Crippen molar-refractivity contribution >= 4 is 39.9 Å². The lowest BCUT2D eigenvalue weighted by molar-refractivity contribution is -0.118. The van der Waals surface area contributed by atoms with E-state index in [2.05, 4.69) is 10.2 Å². The van der Waals surface area contributed by atoms with E-state index in [4.69, 9.17) is 16.3 Å². The Hall–Kier alpha value is -2.93. The molecule has 7 nitrogen and oxygen atoms in total. The van der Waals surface area contributed by atoms with Crippen LogP contribution in [0.5, 0.6) is 5.75 Å². The summed E-state index contributed by atoms with van der Waals surface area (Å²) in [6.07, 6.45) is 3.43. The average molecular weight is 429 g/mol. The number of benzene rings is 2. The Labute approximate surface area is 179 Å². The number of rotatable bonds is 5. The molecule has 0 bridgehead atoms. The van der Waals surface area contributed by atoms with Crippen molar-refractivity contribution in [2.24, 2.45) is 14.1 Å². The molecule has 8 heteroatoms. The molecule has 0 saturated carbocycles. The maximum atomic E-state index is 12.6. The number of hydrogen-bond donors (Lipinski definition) is 1. The molecular weight excluding hydrogens is 404 g/mol. The summed E-state index contributed by atoms with van der Waals surface area (Å²) in [5.41, 5.74) is 3.15. The minimum absolute atomic E-state index is 0.0934. The highest BCUT2D eigenvalue weighted by Gasteiger charge is 2.20. The zero-order chi connectivity index (χ0) is 21.3. The van der Waals surface area contributed by atoms with Gasteiger partial charge in [0, 0.05) is 32.2 Å².